The molecule has 3 nitrogen and oxygen atoms in total. The molecule has 19 heavy (non-hydrogen) atoms. The van der Waals surface area contributed by atoms with Gasteiger partial charge >= 0.3 is 0 Å². The minimum absolute atomic E-state index is 0.369. The molecule has 0 amide bonds. The summed E-state index contributed by atoms with van der Waals surface area (Å²) in [5, 5.41) is 3.36. The van der Waals surface area contributed by atoms with Crippen LogP contribution in [0.15, 0.2) is 42.7 Å². The molecule has 0 radical (unpaired) electrons. The highest BCUT2D eigenvalue weighted by molar-refractivity contribution is 5.44. The van der Waals surface area contributed by atoms with Gasteiger partial charge in [-0.3, -0.25) is 4.98 Å². The summed E-state index contributed by atoms with van der Waals surface area (Å²) in [5.74, 6) is 0. The molecule has 2 rings (SSSR count). The normalized spacial score (nSPS) is 12.3. The van der Waals surface area contributed by atoms with E-state index >= 15 is 0 Å². The fourth-order valence-corrected chi connectivity index (χ4v) is 2.27. The van der Waals surface area contributed by atoms with Crippen LogP contribution in [0.4, 0.5) is 5.69 Å². The Hall–Kier alpha value is -1.87. The molecule has 0 saturated heterocycles. The van der Waals surface area contributed by atoms with Crippen LogP contribution in [0.25, 0.3) is 0 Å². The lowest BCUT2D eigenvalue weighted by molar-refractivity contribution is 0.556. The van der Waals surface area contributed by atoms with E-state index in [0.717, 1.165) is 24.1 Å². The van der Waals surface area contributed by atoms with Crippen molar-refractivity contribution in [2.75, 3.05) is 12.8 Å². The van der Waals surface area contributed by atoms with Crippen molar-refractivity contribution in [1.29, 1.82) is 0 Å². The molecule has 0 aliphatic rings. The topological polar surface area (TPSA) is 50.9 Å². The van der Waals surface area contributed by atoms with E-state index in [0.29, 0.717) is 6.04 Å². The zero-order valence-electron chi connectivity index (χ0n) is 11.6. The standard InChI is InChI=1S/C16H21N3/c1-12-4-3-5-13(8-12)9-15(18-2)10-14-11-19-7-6-16(14)17/h3-8,11,15,18H,9-10H2,1-2H3,(H2,17,19). The molecule has 0 aliphatic heterocycles. The zero-order valence-corrected chi connectivity index (χ0v) is 11.6. The molecule has 3 heteroatoms. The van der Waals surface area contributed by atoms with Gasteiger partial charge in [0.05, 0.1) is 0 Å². The summed E-state index contributed by atoms with van der Waals surface area (Å²) in [6, 6.07) is 10.9. The summed E-state index contributed by atoms with van der Waals surface area (Å²) in [6.07, 6.45) is 5.47. The van der Waals surface area contributed by atoms with Gasteiger partial charge in [-0.1, -0.05) is 29.8 Å². The van der Waals surface area contributed by atoms with E-state index in [4.69, 9.17) is 5.73 Å². The van der Waals surface area contributed by atoms with E-state index in [1.807, 2.05) is 19.3 Å². The number of aromatic nitrogens is 1. The van der Waals surface area contributed by atoms with E-state index in [1.54, 1.807) is 6.20 Å². The predicted octanol–water partition coefficient (Wildman–Crippen LogP) is 2.35. The highest BCUT2D eigenvalue weighted by atomic mass is 14.9. The van der Waals surface area contributed by atoms with Crippen molar-refractivity contribution in [1.82, 2.24) is 10.3 Å². The highest BCUT2D eigenvalue weighted by Crippen LogP contribution is 2.14. The van der Waals surface area contributed by atoms with Crippen LogP contribution in [-0.2, 0) is 12.8 Å². The van der Waals surface area contributed by atoms with Crippen molar-refractivity contribution >= 4 is 5.69 Å². The number of aryl methyl sites for hydroxylation is 1. The molecule has 0 fully saturated rings. The molecule has 100 valence electrons. The Morgan fingerprint density at radius 2 is 2.11 bits per heavy atom. The number of anilines is 1. The zero-order chi connectivity index (χ0) is 13.7. The van der Waals surface area contributed by atoms with Gasteiger partial charge in [-0.15, -0.1) is 0 Å². The Bertz CT molecular complexity index is 537. The first-order valence-electron chi connectivity index (χ1n) is 6.60. The molecule has 0 saturated carbocycles. The van der Waals surface area contributed by atoms with E-state index in [2.05, 4.69) is 41.5 Å². The van der Waals surface area contributed by atoms with Crippen molar-refractivity contribution < 1.29 is 0 Å². The van der Waals surface area contributed by atoms with Crippen LogP contribution in [0.5, 0.6) is 0 Å². The molecule has 0 bridgehead atoms. The lowest BCUT2D eigenvalue weighted by Crippen LogP contribution is -2.30. The van der Waals surface area contributed by atoms with E-state index in [-0.39, 0.29) is 0 Å². The van der Waals surface area contributed by atoms with Gasteiger partial charge in [-0.05, 0) is 44.0 Å². The lowest BCUT2D eigenvalue weighted by Gasteiger charge is -2.17. The molecular weight excluding hydrogens is 234 g/mol. The Kier molecular flexibility index (Phi) is 4.53. The number of pyridine rings is 1. The molecule has 1 aromatic heterocycles. The molecule has 0 spiro atoms. The summed E-state index contributed by atoms with van der Waals surface area (Å²) in [4.78, 5) is 4.15. The highest BCUT2D eigenvalue weighted by Gasteiger charge is 2.10. The van der Waals surface area contributed by atoms with Gasteiger partial charge in [0, 0.05) is 24.1 Å². The fraction of sp³-hybridized carbons (Fsp3) is 0.312. The molecule has 3 N–H and O–H groups in total. The average Bonchev–Trinajstić information content (AvgIpc) is 2.40. The smallest absolute Gasteiger partial charge is 0.0378 e. The Morgan fingerprint density at radius 1 is 1.26 bits per heavy atom. The van der Waals surface area contributed by atoms with E-state index in [9.17, 15) is 0 Å². The number of nitrogen functional groups attached to an aromatic ring is 1. The first kappa shape index (κ1) is 13.6. The summed E-state index contributed by atoms with van der Waals surface area (Å²) < 4.78 is 0. The maximum atomic E-state index is 5.97. The molecule has 1 aromatic carbocycles. The van der Waals surface area contributed by atoms with Crippen LogP contribution in [0, 0.1) is 6.92 Å². The third kappa shape index (κ3) is 3.80. The van der Waals surface area contributed by atoms with Crippen LogP contribution in [-0.4, -0.2) is 18.1 Å². The van der Waals surface area contributed by atoms with Crippen molar-refractivity contribution in [2.24, 2.45) is 0 Å². The number of benzene rings is 1. The largest absolute Gasteiger partial charge is 0.398 e. The van der Waals surface area contributed by atoms with Gasteiger partial charge in [-0.25, -0.2) is 0 Å². The van der Waals surface area contributed by atoms with Gasteiger partial charge < -0.3 is 11.1 Å². The number of nitrogens with two attached hydrogens (primary N) is 1. The summed E-state index contributed by atoms with van der Waals surface area (Å²) in [6.45, 7) is 2.12. The maximum Gasteiger partial charge on any atom is 0.0378 e. The maximum absolute atomic E-state index is 5.97. The van der Waals surface area contributed by atoms with Gasteiger partial charge in [0.1, 0.15) is 0 Å². The number of hydrogen-bond acceptors (Lipinski definition) is 3. The number of likely N-dealkylation sites (N-methyl/N-ethyl adjacent to an activating group) is 1. The monoisotopic (exact) mass is 255 g/mol. The first-order chi connectivity index (χ1) is 9.19. The fourth-order valence-electron chi connectivity index (χ4n) is 2.27. The quantitative estimate of drug-likeness (QED) is 0.862. The Balaban J connectivity index is 2.07. The van der Waals surface area contributed by atoms with E-state index in [1.165, 1.54) is 11.1 Å². The van der Waals surface area contributed by atoms with Crippen LogP contribution < -0.4 is 11.1 Å². The number of nitrogens with zero attached hydrogens (tertiary/aromatic N) is 1. The van der Waals surface area contributed by atoms with Gasteiger partial charge in [-0.2, -0.15) is 0 Å². The Morgan fingerprint density at radius 3 is 2.79 bits per heavy atom. The Labute approximate surface area is 114 Å². The van der Waals surface area contributed by atoms with E-state index < -0.39 is 0 Å². The second-order valence-corrected chi connectivity index (χ2v) is 4.96. The van der Waals surface area contributed by atoms with Gasteiger partial charge in [0.25, 0.3) is 0 Å². The third-order valence-electron chi connectivity index (χ3n) is 3.38. The van der Waals surface area contributed by atoms with Crippen molar-refractivity contribution in [2.45, 2.75) is 25.8 Å². The van der Waals surface area contributed by atoms with Crippen molar-refractivity contribution in [3.05, 3.63) is 59.4 Å². The second-order valence-electron chi connectivity index (χ2n) is 4.96. The summed E-state index contributed by atoms with van der Waals surface area (Å²) in [5.41, 5.74) is 10.5. The van der Waals surface area contributed by atoms with Crippen LogP contribution >= 0.6 is 0 Å². The summed E-state index contributed by atoms with van der Waals surface area (Å²) in [7, 11) is 1.99. The SMILES string of the molecule is CNC(Cc1cccc(C)c1)Cc1cnccc1N. The summed E-state index contributed by atoms with van der Waals surface area (Å²) >= 11 is 0. The lowest BCUT2D eigenvalue weighted by atomic mass is 9.98. The molecule has 2 aromatic rings. The van der Waals surface area contributed by atoms with Crippen LogP contribution in [0.1, 0.15) is 16.7 Å². The molecule has 0 aliphatic carbocycles. The third-order valence-corrected chi connectivity index (χ3v) is 3.38. The molecule has 1 heterocycles. The molecular formula is C16H21N3. The number of rotatable bonds is 5. The average molecular weight is 255 g/mol. The van der Waals surface area contributed by atoms with Crippen molar-refractivity contribution in [3.8, 4) is 0 Å². The molecule has 1 atom stereocenters. The minimum Gasteiger partial charge on any atom is -0.398 e. The number of hydrogen-bond donors (Lipinski definition) is 2. The minimum atomic E-state index is 0.369. The first-order valence-corrected chi connectivity index (χ1v) is 6.60. The second kappa shape index (κ2) is 6.34. The van der Waals surface area contributed by atoms with Gasteiger partial charge in [0.2, 0.25) is 0 Å². The van der Waals surface area contributed by atoms with Crippen molar-refractivity contribution in [3.63, 3.8) is 0 Å². The van der Waals surface area contributed by atoms with Crippen LogP contribution in [0.3, 0.4) is 0 Å². The van der Waals surface area contributed by atoms with Crippen LogP contribution in [0.2, 0.25) is 0 Å². The molecule has 1 unspecified atom stereocenters. The predicted molar refractivity (Wildman–Crippen MR) is 80.1 cm³/mol. The van der Waals surface area contributed by atoms with Gasteiger partial charge in [0.15, 0.2) is 0 Å². The number of nitrogens with one attached hydrogen (secondary N) is 1.